The minimum absolute atomic E-state index is 0.0950. The SMILES string of the molecule is C=C(Cl)CNC(=O)CCCC1CCCCC1. The molecule has 1 rings (SSSR count). The van der Waals surface area contributed by atoms with Gasteiger partial charge in [-0.1, -0.05) is 50.3 Å². The summed E-state index contributed by atoms with van der Waals surface area (Å²) in [5.74, 6) is 0.960. The molecule has 1 fully saturated rings. The Kier molecular flexibility index (Phi) is 6.55. The second-order valence-corrected chi connectivity index (χ2v) is 5.22. The first-order chi connectivity index (χ1) is 7.68. The number of amides is 1. The van der Waals surface area contributed by atoms with E-state index in [1.54, 1.807) is 0 Å². The summed E-state index contributed by atoms with van der Waals surface area (Å²) in [6, 6.07) is 0. The van der Waals surface area contributed by atoms with Gasteiger partial charge in [-0.2, -0.15) is 0 Å². The lowest BCUT2D eigenvalue weighted by Gasteiger charge is -2.21. The van der Waals surface area contributed by atoms with Crippen molar-refractivity contribution < 1.29 is 4.79 Å². The third kappa shape index (κ3) is 6.16. The predicted octanol–water partition coefficient (Wildman–Crippen LogP) is 3.61. The molecule has 92 valence electrons. The van der Waals surface area contributed by atoms with Crippen molar-refractivity contribution >= 4 is 17.5 Å². The van der Waals surface area contributed by atoms with E-state index in [-0.39, 0.29) is 5.91 Å². The zero-order valence-electron chi connectivity index (χ0n) is 9.93. The van der Waals surface area contributed by atoms with Gasteiger partial charge in [-0.05, 0) is 18.8 Å². The lowest BCUT2D eigenvalue weighted by molar-refractivity contribution is -0.121. The molecule has 1 aliphatic carbocycles. The molecule has 0 aromatic heterocycles. The molecule has 0 heterocycles. The van der Waals surface area contributed by atoms with Gasteiger partial charge in [0.1, 0.15) is 0 Å². The van der Waals surface area contributed by atoms with Crippen molar-refractivity contribution in [3.05, 3.63) is 11.6 Å². The maximum absolute atomic E-state index is 11.4. The van der Waals surface area contributed by atoms with Gasteiger partial charge in [0, 0.05) is 11.5 Å². The van der Waals surface area contributed by atoms with Crippen LogP contribution in [0.5, 0.6) is 0 Å². The smallest absolute Gasteiger partial charge is 0.220 e. The van der Waals surface area contributed by atoms with Gasteiger partial charge in [-0.25, -0.2) is 0 Å². The molecule has 1 aliphatic rings. The van der Waals surface area contributed by atoms with Crippen LogP contribution in [-0.4, -0.2) is 12.5 Å². The molecule has 1 saturated carbocycles. The van der Waals surface area contributed by atoms with E-state index in [0.717, 1.165) is 12.3 Å². The Labute approximate surface area is 103 Å². The summed E-state index contributed by atoms with van der Waals surface area (Å²) in [6.07, 6.45) is 9.71. The molecule has 3 heteroatoms. The Hall–Kier alpha value is -0.500. The molecule has 1 N–H and O–H groups in total. The normalized spacial score (nSPS) is 17.1. The number of carbonyl (C=O) groups is 1. The summed E-state index contributed by atoms with van der Waals surface area (Å²) in [7, 11) is 0. The molecule has 0 radical (unpaired) electrons. The summed E-state index contributed by atoms with van der Waals surface area (Å²) in [5.41, 5.74) is 0. The van der Waals surface area contributed by atoms with Gasteiger partial charge in [-0.15, -0.1) is 0 Å². The number of hydrogen-bond donors (Lipinski definition) is 1. The van der Waals surface area contributed by atoms with Gasteiger partial charge in [0.15, 0.2) is 0 Å². The fraction of sp³-hybridized carbons (Fsp3) is 0.769. The third-order valence-corrected chi connectivity index (χ3v) is 3.35. The van der Waals surface area contributed by atoms with Crippen LogP contribution in [-0.2, 0) is 4.79 Å². The van der Waals surface area contributed by atoms with Crippen LogP contribution in [0.15, 0.2) is 11.6 Å². The van der Waals surface area contributed by atoms with Gasteiger partial charge in [0.05, 0.1) is 6.54 Å². The fourth-order valence-electron chi connectivity index (χ4n) is 2.31. The summed E-state index contributed by atoms with van der Waals surface area (Å²) < 4.78 is 0. The van der Waals surface area contributed by atoms with E-state index in [1.165, 1.54) is 38.5 Å². The summed E-state index contributed by atoms with van der Waals surface area (Å²) in [5, 5.41) is 3.24. The van der Waals surface area contributed by atoms with E-state index in [4.69, 9.17) is 11.6 Å². The zero-order chi connectivity index (χ0) is 11.8. The second-order valence-electron chi connectivity index (χ2n) is 4.69. The zero-order valence-corrected chi connectivity index (χ0v) is 10.7. The molecule has 0 bridgehead atoms. The van der Waals surface area contributed by atoms with Gasteiger partial charge in [0.25, 0.3) is 0 Å². The van der Waals surface area contributed by atoms with Crippen LogP contribution in [0.3, 0.4) is 0 Å². The van der Waals surface area contributed by atoms with Crippen molar-refractivity contribution in [2.45, 2.75) is 51.4 Å². The molecule has 16 heavy (non-hydrogen) atoms. The summed E-state index contributed by atoms with van der Waals surface area (Å²) >= 11 is 5.57. The number of nitrogens with one attached hydrogen (secondary N) is 1. The van der Waals surface area contributed by atoms with Crippen molar-refractivity contribution in [1.82, 2.24) is 5.32 Å². The second kappa shape index (κ2) is 7.72. The van der Waals surface area contributed by atoms with Gasteiger partial charge >= 0.3 is 0 Å². The minimum Gasteiger partial charge on any atom is -0.351 e. The van der Waals surface area contributed by atoms with Gasteiger partial charge in [-0.3, -0.25) is 4.79 Å². The molecule has 1 amide bonds. The summed E-state index contributed by atoms with van der Waals surface area (Å²) in [4.78, 5) is 11.4. The fourth-order valence-corrected chi connectivity index (χ4v) is 2.38. The van der Waals surface area contributed by atoms with Crippen molar-refractivity contribution in [1.29, 1.82) is 0 Å². The Morgan fingerprint density at radius 2 is 2.00 bits per heavy atom. The lowest BCUT2D eigenvalue weighted by Crippen LogP contribution is -2.24. The molecule has 0 aliphatic heterocycles. The average Bonchev–Trinajstić information content (AvgIpc) is 2.28. The molecule has 0 unspecified atom stereocenters. The highest BCUT2D eigenvalue weighted by Gasteiger charge is 2.13. The van der Waals surface area contributed by atoms with E-state index in [9.17, 15) is 4.79 Å². The Morgan fingerprint density at radius 1 is 1.31 bits per heavy atom. The Morgan fingerprint density at radius 3 is 2.62 bits per heavy atom. The molecular weight excluding hydrogens is 222 g/mol. The van der Waals surface area contributed by atoms with Crippen molar-refractivity contribution in [3.63, 3.8) is 0 Å². The lowest BCUT2D eigenvalue weighted by atomic mass is 9.86. The monoisotopic (exact) mass is 243 g/mol. The minimum atomic E-state index is 0.0950. The van der Waals surface area contributed by atoms with E-state index < -0.39 is 0 Å². The van der Waals surface area contributed by atoms with Crippen LogP contribution in [0.2, 0.25) is 0 Å². The van der Waals surface area contributed by atoms with E-state index >= 15 is 0 Å². The van der Waals surface area contributed by atoms with Crippen molar-refractivity contribution in [3.8, 4) is 0 Å². The number of halogens is 1. The van der Waals surface area contributed by atoms with Crippen LogP contribution in [0.1, 0.15) is 51.4 Å². The highest BCUT2D eigenvalue weighted by atomic mass is 35.5. The first-order valence-corrected chi connectivity index (χ1v) is 6.66. The van der Waals surface area contributed by atoms with Crippen LogP contribution in [0.4, 0.5) is 0 Å². The maximum Gasteiger partial charge on any atom is 0.220 e. The molecule has 0 spiro atoms. The highest BCUT2D eigenvalue weighted by Crippen LogP contribution is 2.27. The number of hydrogen-bond acceptors (Lipinski definition) is 1. The molecule has 0 saturated heterocycles. The average molecular weight is 244 g/mol. The van der Waals surface area contributed by atoms with E-state index in [2.05, 4.69) is 11.9 Å². The maximum atomic E-state index is 11.4. The Bertz CT molecular complexity index is 234. The topological polar surface area (TPSA) is 29.1 Å². The Balaban J connectivity index is 2.01. The van der Waals surface area contributed by atoms with Crippen molar-refractivity contribution in [2.75, 3.05) is 6.54 Å². The van der Waals surface area contributed by atoms with Crippen LogP contribution >= 0.6 is 11.6 Å². The van der Waals surface area contributed by atoms with Crippen molar-refractivity contribution in [2.24, 2.45) is 5.92 Å². The highest BCUT2D eigenvalue weighted by molar-refractivity contribution is 6.29. The predicted molar refractivity (Wildman–Crippen MR) is 68.4 cm³/mol. The van der Waals surface area contributed by atoms with E-state index in [0.29, 0.717) is 18.0 Å². The van der Waals surface area contributed by atoms with Crippen LogP contribution in [0.25, 0.3) is 0 Å². The quantitative estimate of drug-likeness (QED) is 0.759. The van der Waals surface area contributed by atoms with E-state index in [1.807, 2.05) is 0 Å². The summed E-state index contributed by atoms with van der Waals surface area (Å²) in [6.45, 7) is 3.92. The van der Waals surface area contributed by atoms with Gasteiger partial charge < -0.3 is 5.32 Å². The standard InChI is InChI=1S/C13H22ClNO/c1-11(14)10-15-13(16)9-5-8-12-6-3-2-4-7-12/h12H,1-10H2,(H,15,16). The first-order valence-electron chi connectivity index (χ1n) is 6.28. The van der Waals surface area contributed by atoms with Gasteiger partial charge in [0.2, 0.25) is 5.91 Å². The molecule has 0 atom stereocenters. The molecular formula is C13H22ClNO. The van der Waals surface area contributed by atoms with Crippen LogP contribution in [0, 0.1) is 5.92 Å². The molecule has 0 aromatic rings. The molecule has 2 nitrogen and oxygen atoms in total. The number of rotatable bonds is 6. The van der Waals surface area contributed by atoms with Crippen LogP contribution < -0.4 is 5.32 Å². The number of carbonyl (C=O) groups excluding carboxylic acids is 1. The first kappa shape index (κ1) is 13.6. The largest absolute Gasteiger partial charge is 0.351 e. The third-order valence-electron chi connectivity index (χ3n) is 3.22. The molecule has 0 aromatic carbocycles.